The summed E-state index contributed by atoms with van der Waals surface area (Å²) in [6.45, 7) is 2.20. The van der Waals surface area contributed by atoms with Gasteiger partial charge in [0, 0.05) is 12.1 Å². The molecule has 96 valence electrons. The molecule has 0 heterocycles. The van der Waals surface area contributed by atoms with Crippen LogP contribution in [0.2, 0.25) is 0 Å². The summed E-state index contributed by atoms with van der Waals surface area (Å²) in [6, 6.07) is 6.84. The van der Waals surface area contributed by atoms with E-state index in [0.29, 0.717) is 5.71 Å². The van der Waals surface area contributed by atoms with E-state index in [9.17, 15) is 0 Å². The standard InChI is InChI=1S/C18H19N/c1-2-13-6-10-18-15(12-13)8-7-14-4-3-5-16(19)9-11-17(14)18/h3-4,6,9-12,19H,2,5,7-8H2,1H3/b4-3-,11-9?,19-16?. The fourth-order valence-corrected chi connectivity index (χ4v) is 2.86. The van der Waals surface area contributed by atoms with Gasteiger partial charge in [-0.2, -0.15) is 0 Å². The van der Waals surface area contributed by atoms with E-state index in [0.717, 1.165) is 25.7 Å². The summed E-state index contributed by atoms with van der Waals surface area (Å²) in [5.41, 5.74) is 7.64. The Hall–Kier alpha value is -1.89. The summed E-state index contributed by atoms with van der Waals surface area (Å²) in [6.07, 6.45) is 12.5. The van der Waals surface area contributed by atoms with Gasteiger partial charge in [0.25, 0.3) is 0 Å². The minimum Gasteiger partial charge on any atom is -0.305 e. The van der Waals surface area contributed by atoms with E-state index in [1.807, 2.05) is 6.08 Å². The van der Waals surface area contributed by atoms with Gasteiger partial charge in [0.1, 0.15) is 0 Å². The van der Waals surface area contributed by atoms with Gasteiger partial charge in [-0.05, 0) is 53.2 Å². The molecule has 0 spiro atoms. The normalized spacial score (nSPS) is 19.5. The second kappa shape index (κ2) is 5.00. The molecule has 0 unspecified atom stereocenters. The number of hydrogen-bond donors (Lipinski definition) is 1. The van der Waals surface area contributed by atoms with Gasteiger partial charge in [0.15, 0.2) is 0 Å². The van der Waals surface area contributed by atoms with Gasteiger partial charge in [0.05, 0.1) is 0 Å². The molecular formula is C18H19N. The largest absolute Gasteiger partial charge is 0.305 e. The van der Waals surface area contributed by atoms with Crippen molar-refractivity contribution >= 4 is 11.3 Å². The first kappa shape index (κ1) is 12.2. The third kappa shape index (κ3) is 2.33. The Morgan fingerprint density at radius 3 is 2.84 bits per heavy atom. The van der Waals surface area contributed by atoms with Gasteiger partial charge in [-0.15, -0.1) is 0 Å². The summed E-state index contributed by atoms with van der Waals surface area (Å²) >= 11 is 0. The maximum Gasteiger partial charge on any atom is 0.0351 e. The van der Waals surface area contributed by atoms with Crippen molar-refractivity contribution in [2.24, 2.45) is 0 Å². The van der Waals surface area contributed by atoms with E-state index >= 15 is 0 Å². The molecule has 0 aliphatic heterocycles. The van der Waals surface area contributed by atoms with E-state index in [1.54, 1.807) is 0 Å². The number of nitrogens with one attached hydrogen (secondary N) is 1. The molecule has 1 heteroatoms. The highest BCUT2D eigenvalue weighted by Crippen LogP contribution is 2.34. The first-order chi connectivity index (χ1) is 9.28. The Labute approximate surface area is 114 Å². The lowest BCUT2D eigenvalue weighted by molar-refractivity contribution is 0.935. The zero-order valence-electron chi connectivity index (χ0n) is 11.4. The zero-order chi connectivity index (χ0) is 13.2. The minimum atomic E-state index is 0.681. The molecule has 0 fully saturated rings. The van der Waals surface area contributed by atoms with Crippen LogP contribution in [0.3, 0.4) is 0 Å². The van der Waals surface area contributed by atoms with Crippen LogP contribution in [0.1, 0.15) is 36.5 Å². The Morgan fingerprint density at radius 2 is 2.00 bits per heavy atom. The number of rotatable bonds is 1. The van der Waals surface area contributed by atoms with Crippen LogP contribution in [0, 0.1) is 5.41 Å². The third-order valence-corrected chi connectivity index (χ3v) is 3.99. The first-order valence-corrected chi connectivity index (χ1v) is 7.05. The Morgan fingerprint density at radius 1 is 1.11 bits per heavy atom. The van der Waals surface area contributed by atoms with Crippen LogP contribution in [0.5, 0.6) is 0 Å². The Balaban J connectivity index is 2.12. The average molecular weight is 249 g/mol. The Bertz CT molecular complexity index is 615. The second-order valence-corrected chi connectivity index (χ2v) is 5.25. The summed E-state index contributed by atoms with van der Waals surface area (Å²) in [7, 11) is 0. The molecule has 1 N–H and O–H groups in total. The van der Waals surface area contributed by atoms with E-state index < -0.39 is 0 Å². The average Bonchev–Trinajstić information content (AvgIpc) is 2.42. The monoisotopic (exact) mass is 249 g/mol. The molecule has 2 aliphatic carbocycles. The predicted molar refractivity (Wildman–Crippen MR) is 81.7 cm³/mol. The highest BCUT2D eigenvalue weighted by Gasteiger charge is 2.16. The summed E-state index contributed by atoms with van der Waals surface area (Å²) in [5.74, 6) is 0. The molecule has 19 heavy (non-hydrogen) atoms. The topological polar surface area (TPSA) is 23.9 Å². The van der Waals surface area contributed by atoms with Crippen LogP contribution in [-0.4, -0.2) is 5.71 Å². The van der Waals surface area contributed by atoms with Crippen molar-refractivity contribution in [1.29, 1.82) is 5.41 Å². The second-order valence-electron chi connectivity index (χ2n) is 5.25. The zero-order valence-corrected chi connectivity index (χ0v) is 11.4. The molecule has 2 aliphatic rings. The number of benzene rings is 1. The number of fused-ring (bicyclic) bond motifs is 2. The van der Waals surface area contributed by atoms with E-state index in [2.05, 4.69) is 43.4 Å². The van der Waals surface area contributed by atoms with Crippen LogP contribution in [0.4, 0.5) is 0 Å². The van der Waals surface area contributed by atoms with Gasteiger partial charge in [-0.3, -0.25) is 0 Å². The number of hydrogen-bond acceptors (Lipinski definition) is 1. The molecule has 0 atom stereocenters. The van der Waals surface area contributed by atoms with Crippen molar-refractivity contribution in [3.8, 4) is 0 Å². The van der Waals surface area contributed by atoms with Crippen LogP contribution < -0.4 is 0 Å². The van der Waals surface area contributed by atoms with Crippen molar-refractivity contribution in [2.45, 2.75) is 32.6 Å². The molecule has 1 nitrogen and oxygen atoms in total. The fourth-order valence-electron chi connectivity index (χ4n) is 2.86. The van der Waals surface area contributed by atoms with Crippen molar-refractivity contribution in [2.75, 3.05) is 0 Å². The summed E-state index contributed by atoms with van der Waals surface area (Å²) in [5, 5.41) is 7.82. The van der Waals surface area contributed by atoms with Gasteiger partial charge < -0.3 is 5.41 Å². The van der Waals surface area contributed by atoms with Gasteiger partial charge >= 0.3 is 0 Å². The molecule has 1 aromatic rings. The first-order valence-electron chi connectivity index (χ1n) is 7.05. The smallest absolute Gasteiger partial charge is 0.0351 e. The Kier molecular flexibility index (Phi) is 3.20. The van der Waals surface area contributed by atoms with Gasteiger partial charge in [-0.1, -0.05) is 43.4 Å². The van der Waals surface area contributed by atoms with Gasteiger partial charge in [0.2, 0.25) is 0 Å². The fraction of sp³-hybridized carbons (Fsp3) is 0.278. The quantitative estimate of drug-likeness (QED) is 0.758. The summed E-state index contributed by atoms with van der Waals surface area (Å²) in [4.78, 5) is 0. The van der Waals surface area contributed by atoms with Crippen molar-refractivity contribution in [1.82, 2.24) is 0 Å². The predicted octanol–water partition coefficient (Wildman–Crippen LogP) is 4.48. The van der Waals surface area contributed by atoms with Crippen LogP contribution in [-0.2, 0) is 12.8 Å². The molecule has 1 aromatic carbocycles. The van der Waals surface area contributed by atoms with Crippen molar-refractivity contribution in [3.05, 3.63) is 64.8 Å². The van der Waals surface area contributed by atoms with E-state index in [-0.39, 0.29) is 0 Å². The van der Waals surface area contributed by atoms with Crippen LogP contribution >= 0.6 is 0 Å². The number of allylic oxidation sites excluding steroid dienone is 6. The van der Waals surface area contributed by atoms with Gasteiger partial charge in [-0.25, -0.2) is 0 Å². The highest BCUT2D eigenvalue weighted by atomic mass is 14.4. The maximum absolute atomic E-state index is 7.82. The third-order valence-electron chi connectivity index (χ3n) is 3.99. The highest BCUT2D eigenvalue weighted by molar-refractivity contribution is 5.97. The molecule has 3 rings (SSSR count). The van der Waals surface area contributed by atoms with Crippen LogP contribution in [0.15, 0.2) is 48.1 Å². The van der Waals surface area contributed by atoms with E-state index in [4.69, 9.17) is 5.41 Å². The molecule has 0 bridgehead atoms. The molecule has 0 amide bonds. The van der Waals surface area contributed by atoms with E-state index in [1.165, 1.54) is 27.8 Å². The summed E-state index contributed by atoms with van der Waals surface area (Å²) < 4.78 is 0. The number of aryl methyl sites for hydroxylation is 2. The lowest BCUT2D eigenvalue weighted by atomic mass is 9.83. The molecule has 0 saturated carbocycles. The van der Waals surface area contributed by atoms with Crippen molar-refractivity contribution in [3.63, 3.8) is 0 Å². The maximum atomic E-state index is 7.82. The lowest BCUT2D eigenvalue weighted by Gasteiger charge is -2.21. The molecule has 0 aromatic heterocycles. The van der Waals surface area contributed by atoms with Crippen LogP contribution in [0.25, 0.3) is 5.57 Å². The molecule has 0 radical (unpaired) electrons. The van der Waals surface area contributed by atoms with Crippen molar-refractivity contribution < 1.29 is 0 Å². The molecular weight excluding hydrogens is 230 g/mol. The molecule has 0 saturated heterocycles. The SMILES string of the molecule is CCc1ccc2c(c1)CCC1=C2C=CC(=N)C/C=C\1. The minimum absolute atomic E-state index is 0.681. The lowest BCUT2D eigenvalue weighted by Crippen LogP contribution is -2.05.